The summed E-state index contributed by atoms with van der Waals surface area (Å²) in [5, 5.41) is 3.32. The van der Waals surface area contributed by atoms with E-state index < -0.39 is 0 Å². The Morgan fingerprint density at radius 2 is 2.16 bits per heavy atom. The van der Waals surface area contributed by atoms with Crippen molar-refractivity contribution >= 4 is 5.91 Å². The highest BCUT2D eigenvalue weighted by Crippen LogP contribution is 2.34. The van der Waals surface area contributed by atoms with Crippen LogP contribution in [-0.2, 0) is 9.53 Å². The minimum Gasteiger partial charge on any atom is -0.374 e. The Morgan fingerprint density at radius 3 is 2.79 bits per heavy atom. The van der Waals surface area contributed by atoms with Gasteiger partial charge in [0, 0.05) is 32.6 Å². The van der Waals surface area contributed by atoms with Crippen LogP contribution in [0.5, 0.6) is 0 Å². The van der Waals surface area contributed by atoms with Crippen molar-refractivity contribution in [3.63, 3.8) is 0 Å². The molecule has 4 heteroatoms. The maximum atomic E-state index is 12.2. The van der Waals surface area contributed by atoms with Crippen LogP contribution in [0.3, 0.4) is 0 Å². The second-order valence-electron chi connectivity index (χ2n) is 6.93. The molecule has 2 saturated heterocycles. The van der Waals surface area contributed by atoms with Gasteiger partial charge in [-0.15, -0.1) is 0 Å². The molecular formula is C15H28N2O2. The van der Waals surface area contributed by atoms with E-state index in [2.05, 4.69) is 26.1 Å². The summed E-state index contributed by atoms with van der Waals surface area (Å²) >= 11 is 0. The summed E-state index contributed by atoms with van der Waals surface area (Å²) in [5.41, 5.74) is 0.305. The monoisotopic (exact) mass is 268 g/mol. The van der Waals surface area contributed by atoms with E-state index in [-0.39, 0.29) is 6.10 Å². The molecule has 0 aliphatic carbocycles. The van der Waals surface area contributed by atoms with Crippen LogP contribution in [0.25, 0.3) is 0 Å². The number of nitrogens with zero attached hydrogens (tertiary/aromatic N) is 1. The molecule has 0 radical (unpaired) electrons. The van der Waals surface area contributed by atoms with E-state index in [1.165, 1.54) is 0 Å². The van der Waals surface area contributed by atoms with Crippen LogP contribution in [0.4, 0.5) is 0 Å². The zero-order valence-corrected chi connectivity index (χ0v) is 12.6. The molecule has 0 spiro atoms. The van der Waals surface area contributed by atoms with Gasteiger partial charge < -0.3 is 15.0 Å². The van der Waals surface area contributed by atoms with Crippen LogP contribution in [0.1, 0.15) is 40.0 Å². The average molecular weight is 268 g/mol. The topological polar surface area (TPSA) is 41.6 Å². The van der Waals surface area contributed by atoms with E-state index in [9.17, 15) is 4.79 Å². The van der Waals surface area contributed by atoms with E-state index in [1.807, 2.05) is 4.90 Å². The molecule has 1 amide bonds. The van der Waals surface area contributed by atoms with Gasteiger partial charge in [-0.05, 0) is 24.2 Å². The van der Waals surface area contributed by atoms with Crippen molar-refractivity contribution < 1.29 is 9.53 Å². The third-order valence-electron chi connectivity index (χ3n) is 4.46. The Bertz CT molecular complexity index is 306. The molecule has 2 fully saturated rings. The Balaban J connectivity index is 1.89. The smallest absolute Gasteiger partial charge is 0.222 e. The number of nitrogens with one attached hydrogen (secondary N) is 1. The molecule has 0 saturated carbocycles. The second-order valence-corrected chi connectivity index (χ2v) is 6.93. The van der Waals surface area contributed by atoms with Gasteiger partial charge in [0.2, 0.25) is 5.91 Å². The van der Waals surface area contributed by atoms with Gasteiger partial charge in [0.25, 0.3) is 0 Å². The number of ether oxygens (including phenoxy) is 1. The fraction of sp³-hybridized carbons (Fsp3) is 0.933. The standard InChI is InChI=1S/C15H28N2O2/c1-15(2,3)12-4-5-14(18)17(8-6-12)11-13-10-16-7-9-19-13/h12-13,16H,4-11H2,1-3H3. The van der Waals surface area contributed by atoms with Gasteiger partial charge in [0.15, 0.2) is 0 Å². The molecular weight excluding hydrogens is 240 g/mol. The van der Waals surface area contributed by atoms with Crippen LogP contribution in [0, 0.1) is 11.3 Å². The molecule has 110 valence electrons. The maximum Gasteiger partial charge on any atom is 0.222 e. The SMILES string of the molecule is CC(C)(C)C1CCC(=O)N(CC2CNCCO2)CC1. The summed E-state index contributed by atoms with van der Waals surface area (Å²) in [6.45, 7) is 11.0. The van der Waals surface area contributed by atoms with Gasteiger partial charge in [-0.1, -0.05) is 20.8 Å². The van der Waals surface area contributed by atoms with Crippen molar-refractivity contribution in [1.29, 1.82) is 0 Å². The van der Waals surface area contributed by atoms with E-state index >= 15 is 0 Å². The fourth-order valence-corrected chi connectivity index (χ4v) is 3.08. The summed E-state index contributed by atoms with van der Waals surface area (Å²) in [7, 11) is 0. The predicted octanol–water partition coefficient (Wildman–Crippen LogP) is 1.65. The number of rotatable bonds is 2. The fourth-order valence-electron chi connectivity index (χ4n) is 3.08. The molecule has 2 unspecified atom stereocenters. The highest BCUT2D eigenvalue weighted by molar-refractivity contribution is 5.76. The van der Waals surface area contributed by atoms with E-state index in [0.717, 1.165) is 45.6 Å². The molecule has 2 atom stereocenters. The molecule has 4 nitrogen and oxygen atoms in total. The summed E-state index contributed by atoms with van der Waals surface area (Å²) in [4.78, 5) is 14.2. The first kappa shape index (κ1) is 14.8. The van der Waals surface area contributed by atoms with E-state index in [1.54, 1.807) is 0 Å². The van der Waals surface area contributed by atoms with Gasteiger partial charge in [0.1, 0.15) is 0 Å². The highest BCUT2D eigenvalue weighted by Gasteiger charge is 2.31. The lowest BCUT2D eigenvalue weighted by Crippen LogP contribution is -2.46. The van der Waals surface area contributed by atoms with Gasteiger partial charge in [-0.25, -0.2) is 0 Å². The van der Waals surface area contributed by atoms with E-state index in [4.69, 9.17) is 4.74 Å². The van der Waals surface area contributed by atoms with Gasteiger partial charge in [-0.3, -0.25) is 4.79 Å². The minimum absolute atomic E-state index is 0.170. The summed E-state index contributed by atoms with van der Waals surface area (Å²) in [6.07, 6.45) is 3.02. The van der Waals surface area contributed by atoms with Crippen molar-refractivity contribution in [1.82, 2.24) is 10.2 Å². The Labute approximate surface area is 116 Å². The van der Waals surface area contributed by atoms with Crippen molar-refractivity contribution in [2.24, 2.45) is 11.3 Å². The van der Waals surface area contributed by atoms with Gasteiger partial charge >= 0.3 is 0 Å². The molecule has 0 aromatic heterocycles. The second kappa shape index (κ2) is 6.23. The van der Waals surface area contributed by atoms with Crippen molar-refractivity contribution in [3.05, 3.63) is 0 Å². The van der Waals surface area contributed by atoms with Crippen LogP contribution in [-0.4, -0.2) is 49.7 Å². The third kappa shape index (κ3) is 4.18. The number of hydrogen-bond acceptors (Lipinski definition) is 3. The first-order valence-electron chi connectivity index (χ1n) is 7.57. The third-order valence-corrected chi connectivity index (χ3v) is 4.46. The van der Waals surface area contributed by atoms with Crippen LogP contribution >= 0.6 is 0 Å². The van der Waals surface area contributed by atoms with Gasteiger partial charge in [0.05, 0.1) is 12.7 Å². The highest BCUT2D eigenvalue weighted by atomic mass is 16.5. The molecule has 19 heavy (non-hydrogen) atoms. The zero-order chi connectivity index (χ0) is 13.9. The summed E-state index contributed by atoms with van der Waals surface area (Å²) < 4.78 is 5.71. The van der Waals surface area contributed by atoms with E-state index in [0.29, 0.717) is 23.7 Å². The Hall–Kier alpha value is -0.610. The van der Waals surface area contributed by atoms with Crippen molar-refractivity contribution in [2.75, 3.05) is 32.8 Å². The molecule has 1 N–H and O–H groups in total. The van der Waals surface area contributed by atoms with Crippen molar-refractivity contribution in [2.45, 2.75) is 46.1 Å². The quantitative estimate of drug-likeness (QED) is 0.828. The normalized spacial score (nSPS) is 30.3. The number of carbonyl (C=O) groups excluding carboxylic acids is 1. The Kier molecular flexibility index (Phi) is 4.85. The largest absolute Gasteiger partial charge is 0.374 e. The molecule has 0 aromatic carbocycles. The van der Waals surface area contributed by atoms with Gasteiger partial charge in [-0.2, -0.15) is 0 Å². The average Bonchev–Trinajstić information content (AvgIpc) is 2.53. The van der Waals surface area contributed by atoms with Crippen LogP contribution in [0.15, 0.2) is 0 Å². The number of likely N-dealkylation sites (tertiary alicyclic amines) is 1. The summed E-state index contributed by atoms with van der Waals surface area (Å²) in [6, 6.07) is 0. The lowest BCUT2D eigenvalue weighted by molar-refractivity contribution is -0.133. The lowest BCUT2D eigenvalue weighted by atomic mass is 9.77. The molecule has 0 aromatic rings. The zero-order valence-electron chi connectivity index (χ0n) is 12.6. The maximum absolute atomic E-state index is 12.2. The van der Waals surface area contributed by atoms with Crippen LogP contribution < -0.4 is 5.32 Å². The number of amides is 1. The summed E-state index contributed by atoms with van der Waals surface area (Å²) in [5.74, 6) is 0.952. The molecule has 2 aliphatic heterocycles. The molecule has 2 aliphatic rings. The molecule has 2 heterocycles. The molecule has 2 rings (SSSR count). The number of hydrogen-bond donors (Lipinski definition) is 1. The van der Waals surface area contributed by atoms with Crippen molar-refractivity contribution in [3.8, 4) is 0 Å². The number of morpholine rings is 1. The van der Waals surface area contributed by atoms with Crippen LogP contribution in [0.2, 0.25) is 0 Å². The predicted molar refractivity (Wildman–Crippen MR) is 76.0 cm³/mol. The molecule has 0 bridgehead atoms. The first-order chi connectivity index (χ1) is 8.97. The minimum atomic E-state index is 0.170. The lowest BCUT2D eigenvalue weighted by Gasteiger charge is -2.31. The Morgan fingerprint density at radius 1 is 1.37 bits per heavy atom. The number of carbonyl (C=O) groups is 1. The first-order valence-corrected chi connectivity index (χ1v) is 7.57.